The van der Waals surface area contributed by atoms with Crippen molar-refractivity contribution in [1.82, 2.24) is 0 Å². The second-order valence-electron chi connectivity index (χ2n) is 7.32. The van der Waals surface area contributed by atoms with Crippen molar-refractivity contribution in [3.63, 3.8) is 0 Å². The van der Waals surface area contributed by atoms with Gasteiger partial charge in [-0.15, -0.1) is 0 Å². The van der Waals surface area contributed by atoms with Crippen LogP contribution in [0.4, 0.5) is 0 Å². The maximum Gasteiger partial charge on any atom is 0.0428 e. The van der Waals surface area contributed by atoms with Gasteiger partial charge in [0.15, 0.2) is 0 Å². The van der Waals surface area contributed by atoms with Gasteiger partial charge in [0.2, 0.25) is 0 Å². The Balaban J connectivity index is 2.85. The zero-order valence-corrected chi connectivity index (χ0v) is 18.4. The maximum absolute atomic E-state index is 4.66. The van der Waals surface area contributed by atoms with E-state index in [4.69, 9.17) is 0 Å². The first-order valence-electron chi connectivity index (χ1n) is 10.6. The smallest absolute Gasteiger partial charge is 0.0428 e. The van der Waals surface area contributed by atoms with Crippen LogP contribution in [0.3, 0.4) is 0 Å². The Morgan fingerprint density at radius 1 is 0.556 bits per heavy atom. The lowest BCUT2D eigenvalue weighted by Gasteiger charge is -2.09. The van der Waals surface area contributed by atoms with Crippen molar-refractivity contribution in [2.24, 2.45) is 15.0 Å². The minimum atomic E-state index is 0.878. The lowest BCUT2D eigenvalue weighted by Crippen LogP contribution is -2.01. The van der Waals surface area contributed by atoms with Crippen molar-refractivity contribution in [2.45, 2.75) is 80.1 Å². The molecule has 27 heavy (non-hydrogen) atoms. The molecule has 0 aliphatic heterocycles. The lowest BCUT2D eigenvalue weighted by molar-refractivity contribution is 0.908. The fraction of sp³-hybridized carbons (Fsp3) is 0.625. The Kier molecular flexibility index (Phi) is 11.6. The number of aliphatic imine (C=N–C) groups is 3. The lowest BCUT2D eigenvalue weighted by atomic mass is 10.00. The summed E-state index contributed by atoms with van der Waals surface area (Å²) in [5, 5.41) is 0. The van der Waals surface area contributed by atoms with Crippen LogP contribution in [0.25, 0.3) is 0 Å². The average Bonchev–Trinajstić information content (AvgIpc) is 2.67. The molecule has 150 valence electrons. The number of benzene rings is 1. The second-order valence-corrected chi connectivity index (χ2v) is 7.32. The van der Waals surface area contributed by atoms with Crippen LogP contribution >= 0.6 is 0 Å². The van der Waals surface area contributed by atoms with Crippen molar-refractivity contribution in [3.8, 4) is 0 Å². The normalized spacial score (nSPS) is 13.3. The zero-order chi connectivity index (χ0) is 20.1. The molecule has 3 nitrogen and oxygen atoms in total. The highest BCUT2D eigenvalue weighted by Crippen LogP contribution is 2.14. The fourth-order valence-electron chi connectivity index (χ4n) is 2.74. The van der Waals surface area contributed by atoms with Gasteiger partial charge >= 0.3 is 0 Å². The van der Waals surface area contributed by atoms with Crippen molar-refractivity contribution in [2.75, 3.05) is 19.6 Å². The molecule has 0 aliphatic carbocycles. The summed E-state index contributed by atoms with van der Waals surface area (Å²) in [5.41, 5.74) is 7.88. The third-order valence-electron chi connectivity index (χ3n) is 4.99. The molecule has 0 fully saturated rings. The van der Waals surface area contributed by atoms with Crippen molar-refractivity contribution in [3.05, 3.63) is 34.9 Å². The fourth-order valence-corrected chi connectivity index (χ4v) is 2.74. The van der Waals surface area contributed by atoms with Crippen molar-refractivity contribution < 1.29 is 0 Å². The second kappa shape index (κ2) is 13.4. The summed E-state index contributed by atoms with van der Waals surface area (Å²) in [5.74, 6) is 0. The average molecular weight is 370 g/mol. The van der Waals surface area contributed by atoms with Crippen LogP contribution in [0.15, 0.2) is 33.2 Å². The number of rotatable bonds is 12. The minimum absolute atomic E-state index is 0.878. The molecule has 0 atom stereocenters. The molecule has 1 aromatic carbocycles. The van der Waals surface area contributed by atoms with Crippen LogP contribution < -0.4 is 0 Å². The first-order chi connectivity index (χ1) is 13.0. The van der Waals surface area contributed by atoms with Gasteiger partial charge in [0.1, 0.15) is 0 Å². The van der Waals surface area contributed by atoms with Crippen LogP contribution in [0.2, 0.25) is 0 Å². The molecule has 0 aliphatic rings. The summed E-state index contributed by atoms with van der Waals surface area (Å²) in [6.07, 6.45) is 6.13. The molecular formula is C24H39N3. The van der Waals surface area contributed by atoms with E-state index < -0.39 is 0 Å². The van der Waals surface area contributed by atoms with Gasteiger partial charge in [0, 0.05) is 36.8 Å². The molecule has 0 saturated heterocycles. The summed E-state index contributed by atoms with van der Waals surface area (Å²) < 4.78 is 0. The molecule has 0 bridgehead atoms. The summed E-state index contributed by atoms with van der Waals surface area (Å²) in [4.78, 5) is 14.0. The predicted octanol–water partition coefficient (Wildman–Crippen LogP) is 5.93. The van der Waals surface area contributed by atoms with Gasteiger partial charge in [0.05, 0.1) is 0 Å². The molecule has 1 aromatic rings. The Labute approximate surface area is 167 Å². The molecule has 0 unspecified atom stereocenters. The summed E-state index contributed by atoms with van der Waals surface area (Å²) >= 11 is 0. The maximum atomic E-state index is 4.66. The molecule has 0 N–H and O–H groups in total. The third-order valence-corrected chi connectivity index (χ3v) is 4.99. The number of hydrogen-bond acceptors (Lipinski definition) is 3. The van der Waals surface area contributed by atoms with Gasteiger partial charge in [-0.05, 0) is 76.0 Å². The SMILES string of the molecule is CCC(C)=NCCc1cc(CCN=C(C)CC)cc(CCN=C(C)CC)c1. The highest BCUT2D eigenvalue weighted by Gasteiger charge is 2.03. The van der Waals surface area contributed by atoms with Crippen molar-refractivity contribution >= 4 is 17.1 Å². The molecule has 0 radical (unpaired) electrons. The summed E-state index contributed by atoms with van der Waals surface area (Å²) in [6, 6.07) is 7.03. The van der Waals surface area contributed by atoms with Crippen LogP contribution in [-0.4, -0.2) is 36.8 Å². The molecule has 0 heterocycles. The molecule has 0 amide bonds. The molecule has 3 heteroatoms. The van der Waals surface area contributed by atoms with E-state index in [2.05, 4.69) is 74.7 Å². The number of nitrogens with zero attached hydrogens (tertiary/aromatic N) is 3. The van der Waals surface area contributed by atoms with E-state index in [9.17, 15) is 0 Å². The van der Waals surface area contributed by atoms with Crippen LogP contribution in [0.1, 0.15) is 77.5 Å². The van der Waals surface area contributed by atoms with Crippen LogP contribution in [0.5, 0.6) is 0 Å². The van der Waals surface area contributed by atoms with Crippen LogP contribution in [0, 0.1) is 0 Å². The summed E-state index contributed by atoms with van der Waals surface area (Å²) in [6.45, 7) is 15.5. The van der Waals surface area contributed by atoms with E-state index >= 15 is 0 Å². The Bertz CT molecular complexity index is 551. The Hall–Kier alpha value is -1.77. The van der Waals surface area contributed by atoms with E-state index in [1.807, 2.05) is 0 Å². The standard InChI is InChI=1S/C24H39N3/c1-7-19(4)25-13-10-22-16-23(11-14-26-20(5)8-2)18-24(17-22)12-15-27-21(6)9-3/h16-18H,7-15H2,1-6H3. The van der Waals surface area contributed by atoms with E-state index in [-0.39, 0.29) is 0 Å². The van der Waals surface area contributed by atoms with Gasteiger partial charge in [-0.2, -0.15) is 0 Å². The van der Waals surface area contributed by atoms with Gasteiger partial charge < -0.3 is 0 Å². The van der Waals surface area contributed by atoms with E-state index in [0.29, 0.717) is 0 Å². The third kappa shape index (κ3) is 10.2. The molecular weight excluding hydrogens is 330 g/mol. The van der Waals surface area contributed by atoms with Gasteiger partial charge in [-0.3, -0.25) is 15.0 Å². The first kappa shape index (κ1) is 23.3. The monoisotopic (exact) mass is 369 g/mol. The van der Waals surface area contributed by atoms with Gasteiger partial charge in [0.25, 0.3) is 0 Å². The quantitative estimate of drug-likeness (QED) is 0.410. The summed E-state index contributed by atoms with van der Waals surface area (Å²) in [7, 11) is 0. The molecule has 0 spiro atoms. The minimum Gasteiger partial charge on any atom is -0.294 e. The van der Waals surface area contributed by atoms with E-state index in [0.717, 1.165) is 58.2 Å². The van der Waals surface area contributed by atoms with Gasteiger partial charge in [-0.1, -0.05) is 39.0 Å². The molecule has 0 aromatic heterocycles. The Morgan fingerprint density at radius 2 is 0.815 bits per heavy atom. The van der Waals surface area contributed by atoms with Crippen LogP contribution in [-0.2, 0) is 19.3 Å². The molecule has 0 saturated carbocycles. The van der Waals surface area contributed by atoms with E-state index in [1.165, 1.54) is 33.8 Å². The topological polar surface area (TPSA) is 37.1 Å². The Morgan fingerprint density at radius 3 is 1.04 bits per heavy atom. The number of hydrogen-bond donors (Lipinski definition) is 0. The van der Waals surface area contributed by atoms with Gasteiger partial charge in [-0.25, -0.2) is 0 Å². The highest BCUT2D eigenvalue weighted by molar-refractivity contribution is 5.82. The zero-order valence-electron chi connectivity index (χ0n) is 18.4. The highest BCUT2D eigenvalue weighted by atomic mass is 14.7. The van der Waals surface area contributed by atoms with E-state index in [1.54, 1.807) is 0 Å². The van der Waals surface area contributed by atoms with Crippen molar-refractivity contribution in [1.29, 1.82) is 0 Å². The first-order valence-corrected chi connectivity index (χ1v) is 10.6. The molecule has 1 rings (SSSR count). The largest absolute Gasteiger partial charge is 0.294 e. The predicted molar refractivity (Wildman–Crippen MR) is 122 cm³/mol.